The molecule has 0 saturated carbocycles. The van der Waals surface area contributed by atoms with Crippen molar-refractivity contribution in [2.75, 3.05) is 33.4 Å². The van der Waals surface area contributed by atoms with Crippen LogP contribution in [0.4, 0.5) is 4.79 Å². The fraction of sp³-hybridized carbons (Fsp3) is 0.636. The molecule has 162 valence electrons. The van der Waals surface area contributed by atoms with E-state index in [9.17, 15) is 9.59 Å². The van der Waals surface area contributed by atoms with Crippen molar-refractivity contribution in [3.63, 3.8) is 0 Å². The lowest BCUT2D eigenvalue weighted by Crippen LogP contribution is -2.61. The maximum Gasteiger partial charge on any atom is 0.411 e. The molecule has 1 aromatic rings. The molecule has 1 fully saturated rings. The summed E-state index contributed by atoms with van der Waals surface area (Å²) in [6.45, 7) is 9.58. The third kappa shape index (κ3) is 7.01. The molecule has 1 aliphatic heterocycles. The molecule has 0 aliphatic carbocycles. The van der Waals surface area contributed by atoms with Crippen molar-refractivity contribution in [3.05, 3.63) is 35.9 Å². The fourth-order valence-electron chi connectivity index (χ4n) is 3.33. The van der Waals surface area contributed by atoms with Crippen molar-refractivity contribution in [3.8, 4) is 0 Å². The van der Waals surface area contributed by atoms with Crippen LogP contribution in [-0.4, -0.2) is 72.9 Å². The van der Waals surface area contributed by atoms with Crippen LogP contribution in [0, 0.1) is 0 Å². The lowest BCUT2D eigenvalue weighted by atomic mass is 10.1. The Balaban J connectivity index is 1.90. The molecule has 7 nitrogen and oxygen atoms in total. The van der Waals surface area contributed by atoms with Gasteiger partial charge in [-0.05, 0) is 39.7 Å². The zero-order valence-electron chi connectivity index (χ0n) is 18.2. The molecule has 1 aliphatic rings. The highest BCUT2D eigenvalue weighted by Crippen LogP contribution is 2.19. The Morgan fingerprint density at radius 3 is 2.52 bits per heavy atom. The van der Waals surface area contributed by atoms with Gasteiger partial charge in [-0.1, -0.05) is 30.3 Å². The van der Waals surface area contributed by atoms with Crippen LogP contribution in [0.15, 0.2) is 30.3 Å². The minimum atomic E-state index is -0.592. The summed E-state index contributed by atoms with van der Waals surface area (Å²) in [7, 11) is 1.63. The van der Waals surface area contributed by atoms with Gasteiger partial charge in [0.1, 0.15) is 11.6 Å². The Morgan fingerprint density at radius 1 is 1.21 bits per heavy atom. The fourth-order valence-corrected chi connectivity index (χ4v) is 3.33. The molecule has 0 aromatic heterocycles. The average Bonchev–Trinajstić information content (AvgIpc) is 2.66. The van der Waals surface area contributed by atoms with Crippen LogP contribution in [0.25, 0.3) is 0 Å². The smallest absolute Gasteiger partial charge is 0.411 e. The summed E-state index contributed by atoms with van der Waals surface area (Å²) in [5, 5.41) is 0. The molecule has 29 heavy (non-hydrogen) atoms. The molecule has 0 spiro atoms. The van der Waals surface area contributed by atoms with Gasteiger partial charge >= 0.3 is 6.09 Å². The molecule has 0 unspecified atom stereocenters. The van der Waals surface area contributed by atoms with E-state index < -0.39 is 17.7 Å². The van der Waals surface area contributed by atoms with Crippen LogP contribution in [0.5, 0.6) is 0 Å². The first kappa shape index (κ1) is 23.2. The number of amides is 2. The third-order valence-electron chi connectivity index (χ3n) is 4.82. The van der Waals surface area contributed by atoms with Crippen LogP contribution < -0.4 is 0 Å². The first-order chi connectivity index (χ1) is 13.7. The maximum atomic E-state index is 13.0. The van der Waals surface area contributed by atoms with Crippen molar-refractivity contribution in [2.24, 2.45) is 0 Å². The summed E-state index contributed by atoms with van der Waals surface area (Å²) in [6.07, 6.45) is 0.221. The van der Waals surface area contributed by atoms with Crippen LogP contribution in [0.2, 0.25) is 0 Å². The predicted molar refractivity (Wildman–Crippen MR) is 110 cm³/mol. The molecular weight excluding hydrogens is 372 g/mol. The number of carbonyl (C=O) groups is 2. The van der Waals surface area contributed by atoms with Gasteiger partial charge in [0.15, 0.2) is 0 Å². The predicted octanol–water partition coefficient (Wildman–Crippen LogP) is 3.08. The minimum Gasteiger partial charge on any atom is -0.444 e. The molecule has 0 N–H and O–H groups in total. The molecule has 2 amide bonds. The quantitative estimate of drug-likeness (QED) is 0.621. The topological polar surface area (TPSA) is 68.3 Å². The van der Waals surface area contributed by atoms with Gasteiger partial charge < -0.3 is 19.1 Å². The van der Waals surface area contributed by atoms with E-state index in [0.29, 0.717) is 39.3 Å². The summed E-state index contributed by atoms with van der Waals surface area (Å²) in [4.78, 5) is 28.7. The standard InChI is InChI=1S/C22H34N2O5/c1-17-20(25)24(13-12-23(17)21(26)29-22(2,3)4)19(16-27-5)11-14-28-15-18-9-7-6-8-10-18/h6-10,17,19H,11-16H2,1-5H3/t17-,19+/m1/s1. The second kappa shape index (κ2) is 10.6. The zero-order chi connectivity index (χ0) is 21.4. The third-order valence-corrected chi connectivity index (χ3v) is 4.82. The Bertz CT molecular complexity index is 659. The van der Waals surface area contributed by atoms with E-state index in [1.165, 1.54) is 4.90 Å². The molecule has 7 heteroatoms. The van der Waals surface area contributed by atoms with E-state index >= 15 is 0 Å². The SMILES string of the molecule is COC[C@H](CCOCc1ccccc1)N1CCN(C(=O)OC(C)(C)C)[C@H](C)C1=O. The second-order valence-electron chi connectivity index (χ2n) is 8.32. The Hall–Kier alpha value is -2.12. The number of hydrogen-bond donors (Lipinski definition) is 0. The van der Waals surface area contributed by atoms with Gasteiger partial charge in [0.2, 0.25) is 5.91 Å². The normalized spacial score (nSPS) is 18.7. The second-order valence-corrected chi connectivity index (χ2v) is 8.32. The lowest BCUT2D eigenvalue weighted by molar-refractivity contribution is -0.145. The Morgan fingerprint density at radius 2 is 1.90 bits per heavy atom. The zero-order valence-corrected chi connectivity index (χ0v) is 18.2. The van der Waals surface area contributed by atoms with Crippen molar-refractivity contribution < 1.29 is 23.8 Å². The number of ether oxygens (including phenoxy) is 3. The van der Waals surface area contributed by atoms with Crippen molar-refractivity contribution in [1.29, 1.82) is 0 Å². The van der Waals surface area contributed by atoms with E-state index in [-0.39, 0.29) is 11.9 Å². The number of benzene rings is 1. The molecule has 2 atom stereocenters. The number of rotatable bonds is 8. The van der Waals surface area contributed by atoms with Gasteiger partial charge in [-0.2, -0.15) is 0 Å². The number of methoxy groups -OCH3 is 1. The van der Waals surface area contributed by atoms with Crippen LogP contribution in [0.3, 0.4) is 0 Å². The summed E-state index contributed by atoms with van der Waals surface area (Å²) in [5.74, 6) is -0.0905. The van der Waals surface area contributed by atoms with Gasteiger partial charge in [0, 0.05) is 26.8 Å². The van der Waals surface area contributed by atoms with Gasteiger partial charge in [-0.15, -0.1) is 0 Å². The number of carbonyl (C=O) groups excluding carboxylic acids is 2. The van der Waals surface area contributed by atoms with Crippen LogP contribution in [-0.2, 0) is 25.6 Å². The molecule has 2 rings (SSSR count). The van der Waals surface area contributed by atoms with Gasteiger partial charge in [0.05, 0.1) is 19.3 Å². The molecule has 1 saturated heterocycles. The number of piperazine rings is 1. The highest BCUT2D eigenvalue weighted by atomic mass is 16.6. The van der Waals surface area contributed by atoms with Crippen LogP contribution in [0.1, 0.15) is 39.7 Å². The van der Waals surface area contributed by atoms with Gasteiger partial charge in [0.25, 0.3) is 0 Å². The molecular formula is C22H34N2O5. The number of hydrogen-bond acceptors (Lipinski definition) is 5. The lowest BCUT2D eigenvalue weighted by Gasteiger charge is -2.42. The van der Waals surface area contributed by atoms with Gasteiger partial charge in [-0.3, -0.25) is 9.69 Å². The Kier molecular flexibility index (Phi) is 8.46. The van der Waals surface area contributed by atoms with Gasteiger partial charge in [-0.25, -0.2) is 4.79 Å². The average molecular weight is 407 g/mol. The minimum absolute atomic E-state index is 0.0905. The number of nitrogens with zero attached hydrogens (tertiary/aromatic N) is 2. The summed E-state index contributed by atoms with van der Waals surface area (Å²) in [6, 6.07) is 9.32. The summed E-state index contributed by atoms with van der Waals surface area (Å²) < 4.78 is 16.6. The van der Waals surface area contributed by atoms with Crippen LogP contribution >= 0.6 is 0 Å². The largest absolute Gasteiger partial charge is 0.444 e. The summed E-state index contributed by atoms with van der Waals surface area (Å²) >= 11 is 0. The highest BCUT2D eigenvalue weighted by Gasteiger charge is 2.39. The molecule has 0 bridgehead atoms. The first-order valence-electron chi connectivity index (χ1n) is 10.1. The van der Waals surface area contributed by atoms with E-state index in [1.807, 2.05) is 51.1 Å². The highest BCUT2D eigenvalue weighted by molar-refractivity contribution is 5.86. The van der Waals surface area contributed by atoms with Crippen molar-refractivity contribution >= 4 is 12.0 Å². The monoisotopic (exact) mass is 406 g/mol. The van der Waals surface area contributed by atoms with E-state index in [0.717, 1.165) is 5.56 Å². The Labute approximate surface area is 173 Å². The van der Waals surface area contributed by atoms with E-state index in [2.05, 4.69) is 0 Å². The van der Waals surface area contributed by atoms with E-state index in [1.54, 1.807) is 18.9 Å². The molecule has 0 radical (unpaired) electrons. The summed E-state index contributed by atoms with van der Waals surface area (Å²) in [5.41, 5.74) is 0.525. The molecule has 1 aromatic carbocycles. The van der Waals surface area contributed by atoms with Crippen molar-refractivity contribution in [2.45, 2.75) is 58.4 Å². The van der Waals surface area contributed by atoms with E-state index in [4.69, 9.17) is 14.2 Å². The first-order valence-corrected chi connectivity index (χ1v) is 10.1. The van der Waals surface area contributed by atoms with Crippen molar-refractivity contribution in [1.82, 2.24) is 9.80 Å². The maximum absolute atomic E-state index is 13.0. The molecule has 1 heterocycles.